The van der Waals surface area contributed by atoms with Crippen molar-refractivity contribution in [3.05, 3.63) is 34.1 Å². The summed E-state index contributed by atoms with van der Waals surface area (Å²) in [7, 11) is 0. The molecule has 0 heterocycles. The van der Waals surface area contributed by atoms with Crippen molar-refractivity contribution in [1.82, 2.24) is 5.32 Å². The van der Waals surface area contributed by atoms with Crippen molar-refractivity contribution in [3.63, 3.8) is 0 Å². The molecular weight excluding hydrogens is 293 g/mol. The molecule has 0 aliphatic rings. The van der Waals surface area contributed by atoms with Crippen molar-refractivity contribution in [2.75, 3.05) is 6.54 Å². The summed E-state index contributed by atoms with van der Waals surface area (Å²) in [6, 6.07) is 5.72. The molecule has 1 atom stereocenters. The molecule has 1 nitrogen and oxygen atoms in total. The lowest BCUT2D eigenvalue weighted by Crippen LogP contribution is -2.31. The molecule has 1 aromatic rings. The van der Waals surface area contributed by atoms with Crippen LogP contribution in [0.1, 0.15) is 45.1 Å². The Hall–Kier alpha value is -0.410. The lowest BCUT2D eigenvalue weighted by molar-refractivity contribution is 0.458. The standard InChI is InChI=1S/C15H23BrFN/c1-3-5-6-7-14(18-4-2)10-12-8-9-13(16)11-15(12)17/h8-9,11,14,18H,3-7,10H2,1-2H3. The summed E-state index contributed by atoms with van der Waals surface area (Å²) in [4.78, 5) is 0. The van der Waals surface area contributed by atoms with Gasteiger partial charge in [0.2, 0.25) is 0 Å². The van der Waals surface area contributed by atoms with Gasteiger partial charge in [0.25, 0.3) is 0 Å². The number of hydrogen-bond acceptors (Lipinski definition) is 1. The van der Waals surface area contributed by atoms with E-state index in [0.29, 0.717) is 6.04 Å². The normalized spacial score (nSPS) is 12.7. The van der Waals surface area contributed by atoms with E-state index in [4.69, 9.17) is 0 Å². The molecule has 1 aromatic carbocycles. The van der Waals surface area contributed by atoms with Gasteiger partial charge >= 0.3 is 0 Å². The van der Waals surface area contributed by atoms with Crippen molar-refractivity contribution in [3.8, 4) is 0 Å². The van der Waals surface area contributed by atoms with Crippen LogP contribution in [0.5, 0.6) is 0 Å². The van der Waals surface area contributed by atoms with E-state index in [9.17, 15) is 4.39 Å². The Balaban J connectivity index is 2.58. The van der Waals surface area contributed by atoms with E-state index in [1.54, 1.807) is 6.07 Å². The molecule has 0 saturated heterocycles. The molecular formula is C15H23BrFN. The van der Waals surface area contributed by atoms with Gasteiger partial charge < -0.3 is 5.32 Å². The Labute approximate surface area is 118 Å². The summed E-state index contributed by atoms with van der Waals surface area (Å²) in [5.74, 6) is -0.109. The van der Waals surface area contributed by atoms with Crippen molar-refractivity contribution in [2.24, 2.45) is 0 Å². The second-order valence-corrected chi connectivity index (χ2v) is 5.61. The lowest BCUT2D eigenvalue weighted by atomic mass is 10.00. The van der Waals surface area contributed by atoms with E-state index < -0.39 is 0 Å². The Morgan fingerprint density at radius 3 is 2.67 bits per heavy atom. The van der Waals surface area contributed by atoms with Crippen LogP contribution in [0.2, 0.25) is 0 Å². The van der Waals surface area contributed by atoms with Gasteiger partial charge in [-0.25, -0.2) is 4.39 Å². The zero-order chi connectivity index (χ0) is 13.4. The van der Waals surface area contributed by atoms with Gasteiger partial charge in [-0.15, -0.1) is 0 Å². The van der Waals surface area contributed by atoms with Gasteiger partial charge in [-0.2, -0.15) is 0 Å². The van der Waals surface area contributed by atoms with Crippen LogP contribution >= 0.6 is 15.9 Å². The third-order valence-corrected chi connectivity index (χ3v) is 3.62. The molecule has 102 valence electrons. The molecule has 1 N–H and O–H groups in total. The zero-order valence-electron chi connectivity index (χ0n) is 11.3. The molecule has 18 heavy (non-hydrogen) atoms. The molecule has 0 aliphatic carbocycles. The lowest BCUT2D eigenvalue weighted by Gasteiger charge is -2.18. The molecule has 0 aliphatic heterocycles. The van der Waals surface area contributed by atoms with Gasteiger partial charge in [-0.1, -0.05) is 55.1 Å². The van der Waals surface area contributed by atoms with Crippen molar-refractivity contribution in [2.45, 2.75) is 52.0 Å². The first-order valence-electron chi connectivity index (χ1n) is 6.84. The predicted molar refractivity (Wildman–Crippen MR) is 79.4 cm³/mol. The highest BCUT2D eigenvalue weighted by Crippen LogP contribution is 2.18. The third kappa shape index (κ3) is 5.49. The van der Waals surface area contributed by atoms with E-state index in [-0.39, 0.29) is 5.82 Å². The van der Waals surface area contributed by atoms with Crippen LogP contribution in [0.4, 0.5) is 4.39 Å². The summed E-state index contributed by atoms with van der Waals surface area (Å²) in [5.41, 5.74) is 0.806. The number of likely N-dealkylation sites (N-methyl/N-ethyl adjacent to an activating group) is 1. The number of benzene rings is 1. The van der Waals surface area contributed by atoms with Crippen LogP contribution in [-0.2, 0) is 6.42 Å². The summed E-state index contributed by atoms with van der Waals surface area (Å²) in [6.07, 6.45) is 5.59. The fourth-order valence-electron chi connectivity index (χ4n) is 2.16. The molecule has 0 bridgehead atoms. The number of rotatable bonds is 8. The molecule has 0 aromatic heterocycles. The van der Waals surface area contributed by atoms with Gasteiger partial charge in [-0.05, 0) is 37.1 Å². The van der Waals surface area contributed by atoms with Gasteiger partial charge in [0.05, 0.1) is 0 Å². The zero-order valence-corrected chi connectivity index (χ0v) is 12.9. The first-order chi connectivity index (χ1) is 8.67. The second-order valence-electron chi connectivity index (χ2n) is 4.69. The quantitative estimate of drug-likeness (QED) is 0.686. The minimum Gasteiger partial charge on any atom is -0.314 e. The highest BCUT2D eigenvalue weighted by molar-refractivity contribution is 9.10. The van der Waals surface area contributed by atoms with Crippen LogP contribution < -0.4 is 5.32 Å². The summed E-state index contributed by atoms with van der Waals surface area (Å²) in [5, 5.41) is 3.45. The van der Waals surface area contributed by atoms with Gasteiger partial charge in [0, 0.05) is 10.5 Å². The maximum Gasteiger partial charge on any atom is 0.127 e. The minimum atomic E-state index is -0.109. The Kier molecular flexibility index (Phi) is 7.52. The first kappa shape index (κ1) is 15.6. The fraction of sp³-hybridized carbons (Fsp3) is 0.600. The molecule has 0 saturated carbocycles. The summed E-state index contributed by atoms with van der Waals surface area (Å²) < 4.78 is 14.6. The fourth-order valence-corrected chi connectivity index (χ4v) is 2.49. The van der Waals surface area contributed by atoms with Crippen molar-refractivity contribution >= 4 is 15.9 Å². The average molecular weight is 316 g/mol. The van der Waals surface area contributed by atoms with Gasteiger partial charge in [0.15, 0.2) is 0 Å². The molecule has 0 fully saturated rings. The molecule has 0 amide bonds. The van der Waals surface area contributed by atoms with Crippen molar-refractivity contribution < 1.29 is 4.39 Å². The smallest absolute Gasteiger partial charge is 0.127 e. The SMILES string of the molecule is CCCCCC(Cc1ccc(Br)cc1F)NCC. The van der Waals surface area contributed by atoms with Gasteiger partial charge in [0.1, 0.15) is 5.82 Å². The molecule has 0 spiro atoms. The highest BCUT2D eigenvalue weighted by Gasteiger charge is 2.11. The maximum absolute atomic E-state index is 13.8. The van der Waals surface area contributed by atoms with E-state index in [2.05, 4.69) is 35.1 Å². The van der Waals surface area contributed by atoms with E-state index in [1.165, 1.54) is 19.3 Å². The number of nitrogens with one attached hydrogen (secondary N) is 1. The van der Waals surface area contributed by atoms with E-state index >= 15 is 0 Å². The monoisotopic (exact) mass is 315 g/mol. The molecule has 0 radical (unpaired) electrons. The third-order valence-electron chi connectivity index (χ3n) is 3.13. The minimum absolute atomic E-state index is 0.109. The highest BCUT2D eigenvalue weighted by atomic mass is 79.9. The molecule has 3 heteroatoms. The number of halogens is 2. The second kappa shape index (κ2) is 8.65. The van der Waals surface area contributed by atoms with Gasteiger partial charge in [-0.3, -0.25) is 0 Å². The topological polar surface area (TPSA) is 12.0 Å². The summed E-state index contributed by atoms with van der Waals surface area (Å²) >= 11 is 3.29. The number of unbranched alkanes of at least 4 members (excludes halogenated alkanes) is 2. The van der Waals surface area contributed by atoms with Crippen LogP contribution in [0.15, 0.2) is 22.7 Å². The molecule has 1 rings (SSSR count). The van der Waals surface area contributed by atoms with E-state index in [1.807, 2.05) is 12.1 Å². The first-order valence-corrected chi connectivity index (χ1v) is 7.64. The van der Waals surface area contributed by atoms with Crippen LogP contribution in [0.25, 0.3) is 0 Å². The predicted octanol–water partition coefficient (Wildman–Crippen LogP) is 4.69. The Bertz CT molecular complexity index is 354. The summed E-state index contributed by atoms with van der Waals surface area (Å²) in [6.45, 7) is 5.25. The number of hydrogen-bond donors (Lipinski definition) is 1. The van der Waals surface area contributed by atoms with Crippen LogP contribution in [0.3, 0.4) is 0 Å². The average Bonchev–Trinajstić information content (AvgIpc) is 2.33. The Morgan fingerprint density at radius 1 is 1.28 bits per heavy atom. The van der Waals surface area contributed by atoms with Crippen molar-refractivity contribution in [1.29, 1.82) is 0 Å². The van der Waals surface area contributed by atoms with Crippen LogP contribution in [0, 0.1) is 5.82 Å². The maximum atomic E-state index is 13.8. The van der Waals surface area contributed by atoms with E-state index in [0.717, 1.165) is 29.4 Å². The molecule has 1 unspecified atom stereocenters. The Morgan fingerprint density at radius 2 is 2.06 bits per heavy atom. The van der Waals surface area contributed by atoms with Crippen LogP contribution in [-0.4, -0.2) is 12.6 Å². The largest absolute Gasteiger partial charge is 0.314 e.